The molecule has 0 saturated carbocycles. The van der Waals surface area contributed by atoms with Crippen LogP contribution in [0, 0.1) is 6.92 Å². The molecule has 2 aromatic heterocycles. The number of amides is 1. The Balaban J connectivity index is 1.54. The highest BCUT2D eigenvalue weighted by Crippen LogP contribution is 2.26. The van der Waals surface area contributed by atoms with Gasteiger partial charge in [-0.25, -0.2) is 9.78 Å². The third kappa shape index (κ3) is 5.07. The Morgan fingerprint density at radius 2 is 1.91 bits per heavy atom. The molecule has 0 unspecified atom stereocenters. The molecule has 0 radical (unpaired) electrons. The maximum atomic E-state index is 12.6. The zero-order chi connectivity index (χ0) is 23.4. The number of ether oxygens (including phenoxy) is 2. The maximum Gasteiger partial charge on any atom is 0.362 e. The minimum Gasteiger partial charge on any atom is -0.481 e. The quantitative estimate of drug-likeness (QED) is 0.417. The Morgan fingerprint density at radius 3 is 2.67 bits per heavy atom. The summed E-state index contributed by atoms with van der Waals surface area (Å²) in [6.45, 7) is 3.30. The number of benzene rings is 2. The fraction of sp³-hybridized carbons (Fsp3) is 0.174. The lowest BCUT2D eigenvalue weighted by Gasteiger charge is -2.12. The molecule has 33 heavy (non-hydrogen) atoms. The molecular weight excluding hydrogens is 444 g/mol. The molecule has 1 amide bonds. The van der Waals surface area contributed by atoms with Crippen LogP contribution >= 0.6 is 11.3 Å². The van der Waals surface area contributed by atoms with Crippen LogP contribution in [0.25, 0.3) is 15.9 Å². The summed E-state index contributed by atoms with van der Waals surface area (Å²) >= 11 is 1.34. The van der Waals surface area contributed by atoms with Crippen LogP contribution in [0.1, 0.15) is 23.0 Å². The molecule has 0 atom stereocenters. The fourth-order valence-electron chi connectivity index (χ4n) is 3.03. The molecule has 0 bridgehead atoms. The first-order valence-corrected chi connectivity index (χ1v) is 10.9. The molecule has 0 spiro atoms. The van der Waals surface area contributed by atoms with Crippen LogP contribution in [0.2, 0.25) is 0 Å². The van der Waals surface area contributed by atoms with Crippen LogP contribution in [0.4, 0.5) is 5.13 Å². The van der Waals surface area contributed by atoms with Gasteiger partial charge in [-0.15, -0.1) is 0 Å². The second-order valence-corrected chi connectivity index (χ2v) is 8.02. The van der Waals surface area contributed by atoms with Gasteiger partial charge in [-0.2, -0.15) is 9.78 Å². The van der Waals surface area contributed by atoms with Gasteiger partial charge in [-0.1, -0.05) is 35.6 Å². The Kier molecular flexibility index (Phi) is 6.45. The number of para-hydroxylation sites is 1. The number of aryl methyl sites for hydroxylation is 1. The molecule has 2 heterocycles. The lowest BCUT2D eigenvalue weighted by molar-refractivity contribution is -0.118. The molecule has 2 aromatic carbocycles. The number of esters is 1. The molecule has 168 valence electrons. The van der Waals surface area contributed by atoms with Gasteiger partial charge in [-0.05, 0) is 43.7 Å². The van der Waals surface area contributed by atoms with Crippen molar-refractivity contribution in [3.8, 4) is 11.4 Å². The molecule has 4 aromatic rings. The highest BCUT2D eigenvalue weighted by molar-refractivity contribution is 7.22. The van der Waals surface area contributed by atoms with Crippen molar-refractivity contribution >= 4 is 38.6 Å². The second-order valence-electron chi connectivity index (χ2n) is 6.99. The number of hydrogen-bond donors (Lipinski definition) is 1. The number of nitrogens with zero attached hydrogens (tertiary/aromatic N) is 3. The third-order valence-corrected chi connectivity index (χ3v) is 5.45. The monoisotopic (exact) mass is 464 g/mol. The van der Waals surface area contributed by atoms with E-state index in [0.717, 1.165) is 26.5 Å². The van der Waals surface area contributed by atoms with E-state index in [0.29, 0.717) is 10.8 Å². The van der Waals surface area contributed by atoms with Crippen LogP contribution < -0.4 is 15.6 Å². The van der Waals surface area contributed by atoms with Crippen LogP contribution in [0.3, 0.4) is 0 Å². The molecule has 0 aliphatic heterocycles. The van der Waals surface area contributed by atoms with Crippen molar-refractivity contribution in [3.05, 3.63) is 76.2 Å². The molecule has 1 N–H and O–H groups in total. The fourth-order valence-corrected chi connectivity index (χ4v) is 4.01. The smallest absolute Gasteiger partial charge is 0.362 e. The van der Waals surface area contributed by atoms with E-state index in [2.05, 4.69) is 15.4 Å². The van der Waals surface area contributed by atoms with Crippen molar-refractivity contribution in [2.24, 2.45) is 0 Å². The first kappa shape index (κ1) is 22.2. The van der Waals surface area contributed by atoms with Gasteiger partial charge < -0.3 is 9.47 Å². The number of aromatic nitrogens is 3. The van der Waals surface area contributed by atoms with Crippen molar-refractivity contribution in [2.45, 2.75) is 13.8 Å². The Hall–Kier alpha value is -4.05. The molecule has 9 nitrogen and oxygen atoms in total. The standard InChI is InChI=1S/C23H20N4O5S/c1-3-31-22(30)21-17(12-20(29)27(26-21)15-7-5-4-6-8-15)32-13-19(28)25-23-24-16-10-9-14(2)11-18(16)33-23/h4-12H,3,13H2,1-2H3,(H,24,25,28). The van der Waals surface area contributed by atoms with E-state index in [1.165, 1.54) is 11.3 Å². The van der Waals surface area contributed by atoms with Gasteiger partial charge >= 0.3 is 5.97 Å². The largest absolute Gasteiger partial charge is 0.481 e. The van der Waals surface area contributed by atoms with Gasteiger partial charge in [0, 0.05) is 0 Å². The Bertz CT molecular complexity index is 1380. The Morgan fingerprint density at radius 1 is 1.12 bits per heavy atom. The summed E-state index contributed by atoms with van der Waals surface area (Å²) in [6.07, 6.45) is 0. The normalized spacial score (nSPS) is 10.7. The lowest BCUT2D eigenvalue weighted by atomic mass is 10.2. The zero-order valence-corrected chi connectivity index (χ0v) is 18.7. The number of anilines is 1. The number of carbonyl (C=O) groups is 2. The van der Waals surface area contributed by atoms with E-state index in [4.69, 9.17) is 9.47 Å². The second kappa shape index (κ2) is 9.61. The molecule has 0 aliphatic carbocycles. The molecule has 10 heteroatoms. The minimum absolute atomic E-state index is 0.113. The summed E-state index contributed by atoms with van der Waals surface area (Å²) in [5, 5.41) is 7.22. The number of carbonyl (C=O) groups excluding carboxylic acids is 2. The number of nitrogens with one attached hydrogen (secondary N) is 1. The summed E-state index contributed by atoms with van der Waals surface area (Å²) < 4.78 is 12.6. The van der Waals surface area contributed by atoms with E-state index < -0.39 is 24.0 Å². The van der Waals surface area contributed by atoms with Crippen molar-refractivity contribution in [2.75, 3.05) is 18.5 Å². The number of hydrogen-bond acceptors (Lipinski definition) is 8. The average Bonchev–Trinajstić information content (AvgIpc) is 3.19. The first-order chi connectivity index (χ1) is 15.9. The Labute approximate surface area is 192 Å². The molecule has 4 rings (SSSR count). The average molecular weight is 465 g/mol. The summed E-state index contributed by atoms with van der Waals surface area (Å²) in [7, 11) is 0. The van der Waals surface area contributed by atoms with Crippen LogP contribution in [0.15, 0.2) is 59.4 Å². The van der Waals surface area contributed by atoms with E-state index in [1.54, 1.807) is 37.3 Å². The zero-order valence-electron chi connectivity index (χ0n) is 17.9. The van der Waals surface area contributed by atoms with Gasteiger partial charge in [0.25, 0.3) is 11.5 Å². The highest BCUT2D eigenvalue weighted by atomic mass is 32.1. The van der Waals surface area contributed by atoms with Crippen molar-refractivity contribution < 1.29 is 19.1 Å². The van der Waals surface area contributed by atoms with Crippen LogP contribution in [0.5, 0.6) is 5.75 Å². The summed E-state index contributed by atoms with van der Waals surface area (Å²) in [6, 6.07) is 15.6. The SMILES string of the molecule is CCOC(=O)c1nn(-c2ccccc2)c(=O)cc1OCC(=O)Nc1nc2ccc(C)cc2s1. The minimum atomic E-state index is -0.765. The molecule has 0 saturated heterocycles. The van der Waals surface area contributed by atoms with Gasteiger partial charge in [0.05, 0.1) is 28.6 Å². The van der Waals surface area contributed by atoms with Crippen molar-refractivity contribution in [3.63, 3.8) is 0 Å². The maximum absolute atomic E-state index is 12.6. The topological polar surface area (TPSA) is 112 Å². The van der Waals surface area contributed by atoms with Gasteiger partial charge in [0.1, 0.15) is 0 Å². The summed E-state index contributed by atoms with van der Waals surface area (Å²) in [5.74, 6) is -1.40. The predicted molar refractivity (Wildman–Crippen MR) is 124 cm³/mol. The summed E-state index contributed by atoms with van der Waals surface area (Å²) in [5.41, 5.74) is 1.62. The molecule has 0 aliphatic rings. The molecular formula is C23H20N4O5S. The number of fused-ring (bicyclic) bond motifs is 1. The van der Waals surface area contributed by atoms with E-state index in [9.17, 15) is 14.4 Å². The molecule has 0 fully saturated rings. The number of thiazole rings is 1. The highest BCUT2D eigenvalue weighted by Gasteiger charge is 2.21. The number of rotatable bonds is 7. The predicted octanol–water partition coefficient (Wildman–Crippen LogP) is 3.34. The van der Waals surface area contributed by atoms with Gasteiger partial charge in [-0.3, -0.25) is 14.9 Å². The van der Waals surface area contributed by atoms with Crippen molar-refractivity contribution in [1.82, 2.24) is 14.8 Å². The summed E-state index contributed by atoms with van der Waals surface area (Å²) in [4.78, 5) is 41.8. The first-order valence-electron chi connectivity index (χ1n) is 10.1. The van der Waals surface area contributed by atoms with Crippen LogP contribution in [-0.4, -0.2) is 39.9 Å². The van der Waals surface area contributed by atoms with Gasteiger partial charge in [0.2, 0.25) is 5.69 Å². The van der Waals surface area contributed by atoms with E-state index >= 15 is 0 Å². The third-order valence-electron chi connectivity index (χ3n) is 4.52. The van der Waals surface area contributed by atoms with Crippen molar-refractivity contribution in [1.29, 1.82) is 0 Å². The van der Waals surface area contributed by atoms with Crippen LogP contribution in [-0.2, 0) is 9.53 Å². The van der Waals surface area contributed by atoms with E-state index in [-0.39, 0.29) is 18.1 Å². The lowest BCUT2D eigenvalue weighted by Crippen LogP contribution is -2.27. The van der Waals surface area contributed by atoms with E-state index in [1.807, 2.05) is 25.1 Å². The van der Waals surface area contributed by atoms with Gasteiger partial charge in [0.15, 0.2) is 17.5 Å².